The van der Waals surface area contributed by atoms with Crippen molar-refractivity contribution in [3.8, 4) is 0 Å². The molecule has 5 nitrogen and oxygen atoms in total. The summed E-state index contributed by atoms with van der Waals surface area (Å²) in [6.07, 6.45) is 4.42. The van der Waals surface area contributed by atoms with Crippen molar-refractivity contribution >= 4 is 23.6 Å². The van der Waals surface area contributed by atoms with Crippen LogP contribution in [0.4, 0.5) is 14.5 Å². The first kappa shape index (κ1) is 20.9. The van der Waals surface area contributed by atoms with E-state index in [9.17, 15) is 18.4 Å². The van der Waals surface area contributed by atoms with Gasteiger partial charge in [0.1, 0.15) is 11.6 Å². The minimum absolute atomic E-state index is 0.0160. The van der Waals surface area contributed by atoms with Crippen LogP contribution in [0.3, 0.4) is 0 Å². The van der Waals surface area contributed by atoms with Gasteiger partial charge in [-0.2, -0.15) is 0 Å². The molecule has 0 atom stereocenters. The highest BCUT2D eigenvalue weighted by atomic mass is 19.1. The molecule has 1 N–H and O–H groups in total. The van der Waals surface area contributed by atoms with Crippen molar-refractivity contribution in [3.63, 3.8) is 0 Å². The number of hydrogen-bond acceptors (Lipinski definition) is 3. The van der Waals surface area contributed by atoms with Gasteiger partial charge in [0.05, 0.1) is 17.9 Å². The molecule has 1 aromatic heterocycles. The molecule has 152 valence electrons. The second-order valence-electron chi connectivity index (χ2n) is 6.38. The Hall–Kier alpha value is -3.87. The summed E-state index contributed by atoms with van der Waals surface area (Å²) >= 11 is 0. The largest absolute Gasteiger partial charge is 0.355 e. The smallest absolute Gasteiger partial charge is 0.251 e. The lowest BCUT2D eigenvalue weighted by molar-refractivity contribution is -0.114. The number of rotatable bonds is 6. The van der Waals surface area contributed by atoms with Gasteiger partial charge in [-0.1, -0.05) is 18.2 Å². The van der Waals surface area contributed by atoms with Gasteiger partial charge in [0, 0.05) is 31.0 Å². The maximum absolute atomic E-state index is 14.4. The van der Waals surface area contributed by atoms with Gasteiger partial charge < -0.3 is 5.32 Å². The number of nitrogens with zero attached hydrogens (tertiary/aromatic N) is 2. The van der Waals surface area contributed by atoms with Crippen LogP contribution < -0.4 is 10.2 Å². The van der Waals surface area contributed by atoms with Crippen molar-refractivity contribution in [2.75, 3.05) is 11.9 Å². The van der Waals surface area contributed by atoms with Gasteiger partial charge in [-0.3, -0.25) is 19.5 Å². The molecule has 0 aliphatic carbocycles. The van der Waals surface area contributed by atoms with Crippen LogP contribution >= 0.6 is 0 Å². The van der Waals surface area contributed by atoms with E-state index in [0.29, 0.717) is 16.8 Å². The maximum Gasteiger partial charge on any atom is 0.251 e. The van der Waals surface area contributed by atoms with Crippen molar-refractivity contribution in [1.29, 1.82) is 0 Å². The third kappa shape index (κ3) is 5.14. The number of nitrogens with one attached hydrogen (secondary N) is 1. The second kappa shape index (κ2) is 9.56. The molecule has 0 aliphatic rings. The van der Waals surface area contributed by atoms with Crippen molar-refractivity contribution in [3.05, 3.63) is 101 Å². The summed E-state index contributed by atoms with van der Waals surface area (Å²) in [5, 5.41) is 2.53. The number of carbonyl (C=O) groups is 2. The average molecular weight is 407 g/mol. The van der Waals surface area contributed by atoms with Crippen LogP contribution in [0.15, 0.2) is 72.9 Å². The van der Waals surface area contributed by atoms with Crippen molar-refractivity contribution in [1.82, 2.24) is 10.3 Å². The van der Waals surface area contributed by atoms with E-state index in [2.05, 4.69) is 10.3 Å². The lowest BCUT2D eigenvalue weighted by Crippen LogP contribution is -2.30. The summed E-state index contributed by atoms with van der Waals surface area (Å²) in [4.78, 5) is 29.8. The number of aromatic nitrogens is 1. The molecule has 30 heavy (non-hydrogen) atoms. The van der Waals surface area contributed by atoms with Crippen LogP contribution in [0.5, 0.6) is 0 Å². The second-order valence-corrected chi connectivity index (χ2v) is 6.38. The van der Waals surface area contributed by atoms with Gasteiger partial charge in [0.2, 0.25) is 0 Å². The minimum Gasteiger partial charge on any atom is -0.355 e. The third-order valence-corrected chi connectivity index (χ3v) is 4.33. The van der Waals surface area contributed by atoms with Crippen molar-refractivity contribution in [2.24, 2.45) is 0 Å². The van der Waals surface area contributed by atoms with Crippen LogP contribution in [0.2, 0.25) is 0 Å². The predicted molar refractivity (Wildman–Crippen MR) is 111 cm³/mol. The van der Waals surface area contributed by atoms with E-state index in [4.69, 9.17) is 0 Å². The zero-order valence-electron chi connectivity index (χ0n) is 16.2. The Labute approximate surface area is 172 Å². The van der Waals surface area contributed by atoms with Crippen molar-refractivity contribution in [2.45, 2.75) is 6.54 Å². The quantitative estimate of drug-likeness (QED) is 0.629. The molecule has 0 saturated heterocycles. The Bertz CT molecular complexity index is 1070. The highest BCUT2D eigenvalue weighted by Crippen LogP contribution is 2.23. The number of anilines is 1. The number of amides is 2. The third-order valence-electron chi connectivity index (χ3n) is 4.33. The molecule has 2 amide bonds. The lowest BCUT2D eigenvalue weighted by Gasteiger charge is -2.21. The molecule has 1 heterocycles. The summed E-state index contributed by atoms with van der Waals surface area (Å²) < 4.78 is 27.7. The molecule has 0 fully saturated rings. The number of benzene rings is 2. The SMILES string of the molecule is CNC(=O)c1ccc(/C=C/C(=O)N(Cc2ccccn2)c2ccc(F)cc2F)cc1. The average Bonchev–Trinajstić information content (AvgIpc) is 2.77. The Morgan fingerprint density at radius 1 is 1.07 bits per heavy atom. The van der Waals surface area contributed by atoms with E-state index >= 15 is 0 Å². The van der Waals surface area contributed by atoms with Gasteiger partial charge in [0.25, 0.3) is 11.8 Å². The summed E-state index contributed by atoms with van der Waals surface area (Å²) in [6, 6.07) is 14.9. The van der Waals surface area contributed by atoms with Crippen molar-refractivity contribution < 1.29 is 18.4 Å². The van der Waals surface area contributed by atoms with E-state index in [-0.39, 0.29) is 18.1 Å². The molecule has 3 rings (SSSR count). The number of carbonyl (C=O) groups excluding carboxylic acids is 2. The molecule has 0 aliphatic heterocycles. The summed E-state index contributed by atoms with van der Waals surface area (Å²) in [6.45, 7) is 0.0160. The van der Waals surface area contributed by atoms with Crippen LogP contribution in [-0.2, 0) is 11.3 Å². The monoisotopic (exact) mass is 407 g/mol. The standard InChI is InChI=1S/C23H19F2N3O2/c1-26-23(30)17-8-5-16(6-9-17)7-12-22(29)28(15-19-4-2-3-13-27-19)21-11-10-18(24)14-20(21)25/h2-14H,15H2,1H3,(H,26,30)/b12-7+. The summed E-state index contributed by atoms with van der Waals surface area (Å²) in [5.41, 5.74) is 1.68. The Kier molecular flexibility index (Phi) is 6.64. The zero-order chi connectivity index (χ0) is 21.5. The minimum atomic E-state index is -0.845. The zero-order valence-corrected chi connectivity index (χ0v) is 16.2. The van der Waals surface area contributed by atoms with Gasteiger partial charge >= 0.3 is 0 Å². The highest BCUT2D eigenvalue weighted by molar-refractivity contribution is 6.04. The van der Waals surface area contributed by atoms with Crippen LogP contribution in [0, 0.1) is 11.6 Å². The molecule has 3 aromatic rings. The predicted octanol–water partition coefficient (Wildman–Crippen LogP) is 3.97. The molecule has 0 spiro atoms. The molecule has 0 saturated carbocycles. The number of pyridine rings is 1. The molecule has 0 radical (unpaired) electrons. The molecule has 7 heteroatoms. The summed E-state index contributed by atoms with van der Waals surface area (Å²) in [5.74, 6) is -2.28. The molecular formula is C23H19F2N3O2. The first-order valence-corrected chi connectivity index (χ1v) is 9.14. The van der Waals surface area contributed by atoms with E-state index in [1.807, 2.05) is 0 Å². The van der Waals surface area contributed by atoms with Gasteiger partial charge in [-0.15, -0.1) is 0 Å². The van der Waals surface area contributed by atoms with Crippen LogP contribution in [0.25, 0.3) is 6.08 Å². The Morgan fingerprint density at radius 2 is 1.83 bits per heavy atom. The fraction of sp³-hybridized carbons (Fsp3) is 0.0870. The van der Waals surface area contributed by atoms with Crippen LogP contribution in [0.1, 0.15) is 21.6 Å². The van der Waals surface area contributed by atoms with E-state index in [1.165, 1.54) is 17.0 Å². The van der Waals surface area contributed by atoms with Gasteiger partial charge in [-0.05, 0) is 48.0 Å². The molecular weight excluding hydrogens is 388 g/mol. The molecule has 0 bridgehead atoms. The number of hydrogen-bond donors (Lipinski definition) is 1. The fourth-order valence-electron chi connectivity index (χ4n) is 2.78. The van der Waals surface area contributed by atoms with Gasteiger partial charge in [0.15, 0.2) is 0 Å². The van der Waals surface area contributed by atoms with Gasteiger partial charge in [-0.25, -0.2) is 8.78 Å². The van der Waals surface area contributed by atoms with Crippen LogP contribution in [-0.4, -0.2) is 23.8 Å². The fourth-order valence-corrected chi connectivity index (χ4v) is 2.78. The normalized spacial score (nSPS) is 10.8. The van der Waals surface area contributed by atoms with E-state index in [1.54, 1.807) is 61.8 Å². The first-order valence-electron chi connectivity index (χ1n) is 9.14. The van der Waals surface area contributed by atoms with E-state index < -0.39 is 17.5 Å². The Morgan fingerprint density at radius 3 is 2.47 bits per heavy atom. The molecule has 2 aromatic carbocycles. The Balaban J connectivity index is 1.86. The number of halogens is 2. The first-order chi connectivity index (χ1) is 14.5. The molecule has 0 unspecified atom stereocenters. The maximum atomic E-state index is 14.4. The lowest BCUT2D eigenvalue weighted by atomic mass is 10.1. The topological polar surface area (TPSA) is 62.3 Å². The van der Waals surface area contributed by atoms with E-state index in [0.717, 1.165) is 12.1 Å². The summed E-state index contributed by atoms with van der Waals surface area (Å²) in [7, 11) is 1.54. The highest BCUT2D eigenvalue weighted by Gasteiger charge is 2.19.